The fourth-order valence-electron chi connectivity index (χ4n) is 2.60. The summed E-state index contributed by atoms with van der Waals surface area (Å²) in [5, 5.41) is 5.61. The van der Waals surface area contributed by atoms with E-state index in [0.29, 0.717) is 30.0 Å². The van der Waals surface area contributed by atoms with Crippen molar-refractivity contribution in [3.05, 3.63) is 59.5 Å². The van der Waals surface area contributed by atoms with Crippen LogP contribution in [0.15, 0.2) is 47.1 Å². The normalized spacial score (nSPS) is 16.8. The molecular weight excluding hydrogens is 308 g/mol. The highest BCUT2D eigenvalue weighted by molar-refractivity contribution is 5.99. The number of benzene rings is 1. The maximum atomic E-state index is 12.2. The molecule has 6 heteroatoms. The van der Waals surface area contributed by atoms with Crippen molar-refractivity contribution in [3.8, 4) is 0 Å². The lowest BCUT2D eigenvalue weighted by Crippen LogP contribution is -2.32. The summed E-state index contributed by atoms with van der Waals surface area (Å²) in [4.78, 5) is 24.4. The number of nitrogens with one attached hydrogen (secondary N) is 2. The Morgan fingerprint density at radius 1 is 1.08 bits per heavy atom. The van der Waals surface area contributed by atoms with Gasteiger partial charge in [0, 0.05) is 24.3 Å². The monoisotopic (exact) mass is 328 g/mol. The van der Waals surface area contributed by atoms with E-state index in [0.717, 1.165) is 19.4 Å². The van der Waals surface area contributed by atoms with Gasteiger partial charge < -0.3 is 19.8 Å². The molecule has 2 heterocycles. The van der Waals surface area contributed by atoms with Crippen LogP contribution < -0.4 is 10.6 Å². The Bertz CT molecular complexity index is 691. The molecule has 1 fully saturated rings. The molecule has 0 spiro atoms. The van der Waals surface area contributed by atoms with Crippen LogP contribution in [-0.4, -0.2) is 31.1 Å². The van der Waals surface area contributed by atoms with Gasteiger partial charge in [0.25, 0.3) is 11.8 Å². The summed E-state index contributed by atoms with van der Waals surface area (Å²) in [7, 11) is 0. The van der Waals surface area contributed by atoms with Crippen molar-refractivity contribution in [1.82, 2.24) is 10.6 Å². The lowest BCUT2D eigenvalue weighted by molar-refractivity contribution is 0.0857. The number of rotatable bonds is 6. The Kier molecular flexibility index (Phi) is 5.28. The van der Waals surface area contributed by atoms with Gasteiger partial charge in [0.1, 0.15) is 5.76 Å². The van der Waals surface area contributed by atoms with E-state index in [9.17, 15) is 9.59 Å². The van der Waals surface area contributed by atoms with E-state index in [1.165, 1.54) is 0 Å². The zero-order valence-corrected chi connectivity index (χ0v) is 13.3. The van der Waals surface area contributed by atoms with Gasteiger partial charge in [0.2, 0.25) is 0 Å². The number of furan rings is 1. The van der Waals surface area contributed by atoms with E-state index < -0.39 is 0 Å². The minimum atomic E-state index is -0.250. The van der Waals surface area contributed by atoms with Crippen molar-refractivity contribution < 1.29 is 18.7 Å². The molecule has 24 heavy (non-hydrogen) atoms. The van der Waals surface area contributed by atoms with Gasteiger partial charge in [-0.1, -0.05) is 6.07 Å². The maximum absolute atomic E-state index is 12.2. The smallest absolute Gasteiger partial charge is 0.251 e. The molecule has 1 aliphatic rings. The van der Waals surface area contributed by atoms with Crippen molar-refractivity contribution in [2.24, 2.45) is 0 Å². The summed E-state index contributed by atoms with van der Waals surface area (Å²) >= 11 is 0. The van der Waals surface area contributed by atoms with Crippen LogP contribution in [0.5, 0.6) is 0 Å². The standard InChI is InChI=1S/C18H20N2O4/c21-17(19-11-15-6-2-8-23-15)13-4-1-5-14(10-13)18(22)20-12-16-7-3-9-24-16/h1-2,4-6,8,10,16H,3,7,9,11-12H2,(H,19,21)(H,20,22). The van der Waals surface area contributed by atoms with Gasteiger partial charge in [0.15, 0.2) is 0 Å². The average Bonchev–Trinajstić information content (AvgIpc) is 3.31. The predicted molar refractivity (Wildman–Crippen MR) is 87.6 cm³/mol. The first-order valence-electron chi connectivity index (χ1n) is 8.03. The highest BCUT2D eigenvalue weighted by atomic mass is 16.5. The lowest BCUT2D eigenvalue weighted by atomic mass is 10.1. The number of hydrogen-bond donors (Lipinski definition) is 2. The molecule has 0 aliphatic carbocycles. The van der Waals surface area contributed by atoms with Gasteiger partial charge in [-0.15, -0.1) is 0 Å². The van der Waals surface area contributed by atoms with E-state index in [1.54, 1.807) is 42.7 Å². The molecule has 0 bridgehead atoms. The first kappa shape index (κ1) is 16.3. The van der Waals surface area contributed by atoms with E-state index in [4.69, 9.17) is 9.15 Å². The molecular formula is C18H20N2O4. The minimum absolute atomic E-state index is 0.0914. The third kappa shape index (κ3) is 4.23. The maximum Gasteiger partial charge on any atom is 0.251 e. The van der Waals surface area contributed by atoms with Crippen molar-refractivity contribution in [2.45, 2.75) is 25.5 Å². The van der Waals surface area contributed by atoms with Crippen LogP contribution >= 0.6 is 0 Å². The molecule has 6 nitrogen and oxygen atoms in total. The molecule has 3 rings (SSSR count). The molecule has 0 radical (unpaired) electrons. The first-order valence-corrected chi connectivity index (χ1v) is 8.03. The summed E-state index contributed by atoms with van der Waals surface area (Å²) < 4.78 is 10.7. The second-order valence-corrected chi connectivity index (χ2v) is 5.69. The Morgan fingerprint density at radius 3 is 2.54 bits per heavy atom. The van der Waals surface area contributed by atoms with Crippen LogP contribution in [0.1, 0.15) is 39.3 Å². The lowest BCUT2D eigenvalue weighted by Gasteiger charge is -2.11. The van der Waals surface area contributed by atoms with E-state index in [1.807, 2.05) is 0 Å². The molecule has 2 amide bonds. The van der Waals surface area contributed by atoms with Gasteiger partial charge >= 0.3 is 0 Å². The largest absolute Gasteiger partial charge is 0.467 e. The third-order valence-electron chi connectivity index (χ3n) is 3.90. The van der Waals surface area contributed by atoms with Crippen LogP contribution in [-0.2, 0) is 11.3 Å². The molecule has 1 aliphatic heterocycles. The van der Waals surface area contributed by atoms with Gasteiger partial charge in [-0.25, -0.2) is 0 Å². The SMILES string of the molecule is O=C(NCc1ccco1)c1cccc(C(=O)NCC2CCCO2)c1. The molecule has 126 valence electrons. The van der Waals surface area contributed by atoms with Crippen molar-refractivity contribution in [1.29, 1.82) is 0 Å². The second kappa shape index (κ2) is 7.79. The highest BCUT2D eigenvalue weighted by Gasteiger charge is 2.17. The summed E-state index contributed by atoms with van der Waals surface area (Å²) in [5.41, 5.74) is 0.893. The van der Waals surface area contributed by atoms with Crippen molar-refractivity contribution >= 4 is 11.8 Å². The number of hydrogen-bond acceptors (Lipinski definition) is 4. The Balaban J connectivity index is 1.56. The number of ether oxygens (including phenoxy) is 1. The molecule has 2 N–H and O–H groups in total. The topological polar surface area (TPSA) is 80.6 Å². The molecule has 1 aromatic heterocycles. The van der Waals surface area contributed by atoms with E-state index >= 15 is 0 Å². The number of amides is 2. The molecule has 0 saturated carbocycles. The predicted octanol–water partition coefficient (Wildman–Crippen LogP) is 2.12. The quantitative estimate of drug-likeness (QED) is 0.851. The third-order valence-corrected chi connectivity index (χ3v) is 3.90. The van der Waals surface area contributed by atoms with Crippen LogP contribution in [0, 0.1) is 0 Å². The Morgan fingerprint density at radius 2 is 1.88 bits per heavy atom. The summed E-state index contributed by atoms with van der Waals surface area (Å²) in [5.74, 6) is 0.222. The minimum Gasteiger partial charge on any atom is -0.467 e. The zero-order chi connectivity index (χ0) is 16.8. The Hall–Kier alpha value is -2.60. The van der Waals surface area contributed by atoms with Crippen LogP contribution in [0.25, 0.3) is 0 Å². The summed E-state index contributed by atoms with van der Waals surface area (Å²) in [6, 6.07) is 10.2. The van der Waals surface area contributed by atoms with Crippen LogP contribution in [0.4, 0.5) is 0 Å². The second-order valence-electron chi connectivity index (χ2n) is 5.69. The van der Waals surface area contributed by atoms with Crippen LogP contribution in [0.3, 0.4) is 0 Å². The van der Waals surface area contributed by atoms with E-state index in [-0.39, 0.29) is 17.9 Å². The fourth-order valence-corrected chi connectivity index (χ4v) is 2.60. The van der Waals surface area contributed by atoms with Gasteiger partial charge in [-0.2, -0.15) is 0 Å². The zero-order valence-electron chi connectivity index (χ0n) is 13.3. The van der Waals surface area contributed by atoms with Gasteiger partial charge in [-0.3, -0.25) is 9.59 Å². The van der Waals surface area contributed by atoms with Gasteiger partial charge in [-0.05, 0) is 43.2 Å². The Labute approximate surface area is 140 Å². The van der Waals surface area contributed by atoms with Crippen molar-refractivity contribution in [2.75, 3.05) is 13.2 Å². The molecule has 1 atom stereocenters. The van der Waals surface area contributed by atoms with Crippen molar-refractivity contribution in [3.63, 3.8) is 0 Å². The molecule has 1 saturated heterocycles. The average molecular weight is 328 g/mol. The number of carbonyl (C=O) groups is 2. The summed E-state index contributed by atoms with van der Waals surface area (Å²) in [6.45, 7) is 1.56. The highest BCUT2D eigenvalue weighted by Crippen LogP contribution is 2.11. The fraction of sp³-hybridized carbons (Fsp3) is 0.333. The van der Waals surface area contributed by atoms with Crippen LogP contribution in [0.2, 0.25) is 0 Å². The molecule has 1 unspecified atom stereocenters. The van der Waals surface area contributed by atoms with Gasteiger partial charge in [0.05, 0.1) is 18.9 Å². The number of carbonyl (C=O) groups excluding carboxylic acids is 2. The first-order chi connectivity index (χ1) is 11.7. The van der Waals surface area contributed by atoms with E-state index in [2.05, 4.69) is 10.6 Å². The summed E-state index contributed by atoms with van der Waals surface area (Å²) in [6.07, 6.45) is 3.65. The molecule has 1 aromatic carbocycles. The molecule has 2 aromatic rings.